The molecule has 0 aromatic heterocycles. The van der Waals surface area contributed by atoms with Gasteiger partial charge in [-0.15, -0.1) is 0 Å². The first-order valence-corrected chi connectivity index (χ1v) is 10.4. The maximum atomic E-state index is 10.3. The summed E-state index contributed by atoms with van der Waals surface area (Å²) in [5.41, 5.74) is 10.5. The first kappa shape index (κ1) is 17.3. The van der Waals surface area contributed by atoms with Gasteiger partial charge in [-0.25, -0.2) is 0 Å². The molecular weight excluding hydrogens is 338 g/mol. The average molecular weight is 352 g/mol. The van der Waals surface area contributed by atoms with Crippen molar-refractivity contribution in [1.29, 1.82) is 0 Å². The van der Waals surface area contributed by atoms with Crippen molar-refractivity contribution >= 4 is 38.2 Å². The Morgan fingerprint density at radius 2 is 1.27 bits per heavy atom. The molecule has 8 N–H and O–H groups in total. The van der Waals surface area contributed by atoms with Crippen LogP contribution in [0.1, 0.15) is 0 Å². The Morgan fingerprint density at radius 1 is 1.00 bits per heavy atom. The average Bonchev–Trinajstić information content (AvgIpc) is 2.11. The molecule has 0 fully saturated rings. The third-order valence-electron chi connectivity index (χ3n) is 1.21. The van der Waals surface area contributed by atoms with Crippen molar-refractivity contribution in [3.63, 3.8) is 0 Å². The topological polar surface area (TPSA) is 158 Å². The molecule has 0 saturated heterocycles. The molecule has 7 nitrogen and oxygen atoms in total. The van der Waals surface area contributed by atoms with Crippen LogP contribution in [0.5, 0.6) is 0 Å². The van der Waals surface area contributed by atoms with E-state index in [1.807, 2.05) is 0 Å². The second kappa shape index (κ2) is 9.11. The molecule has 0 aromatic rings. The Hall–Kier alpha value is -0.141. The normalized spacial score (nSPS) is 13.7. The summed E-state index contributed by atoms with van der Waals surface area (Å²) in [4.78, 5) is 20.6. The van der Waals surface area contributed by atoms with Crippen LogP contribution in [0.25, 0.3) is 0 Å². The first-order chi connectivity index (χ1) is 6.45. The van der Waals surface area contributed by atoms with Crippen LogP contribution in [-0.4, -0.2) is 66.0 Å². The second-order valence-corrected chi connectivity index (χ2v) is 9.99. The van der Waals surface area contributed by atoms with Gasteiger partial charge in [0.1, 0.15) is 0 Å². The summed E-state index contributed by atoms with van der Waals surface area (Å²) in [6.45, 7) is 0. The number of hydrogen-bond donors (Lipinski definition) is 4. The summed E-state index contributed by atoms with van der Waals surface area (Å²) in [6, 6.07) is -1.64. The molecule has 2 atom stereocenters. The van der Waals surface area contributed by atoms with Gasteiger partial charge in [-0.3, -0.25) is 0 Å². The second-order valence-electron chi connectivity index (χ2n) is 2.46. The van der Waals surface area contributed by atoms with Gasteiger partial charge in [-0.2, -0.15) is 0 Å². The monoisotopic (exact) mass is 354 g/mol. The smallest absolute Gasteiger partial charge is 0.412 e. The van der Waals surface area contributed by atoms with E-state index in [9.17, 15) is 9.59 Å². The number of nitrogens with two attached hydrogens (primary N) is 2. The summed E-state index contributed by atoms with van der Waals surface area (Å²) in [5, 5.41) is 17.8. The predicted octanol–water partition coefficient (Wildman–Crippen LogP) is -2.85. The molecule has 0 aliphatic heterocycles. The largest absolute Gasteiger partial charge is 0.412 e. The molecule has 0 unspecified atom stereocenters. The minimum absolute atomic E-state index is 0. The van der Waals surface area contributed by atoms with Crippen LogP contribution in [0.4, 0.5) is 0 Å². The number of carboxylic acid groups (broad SMARTS) is 2. The van der Waals surface area contributed by atoms with Crippen LogP contribution in [0, 0.1) is 0 Å². The van der Waals surface area contributed by atoms with E-state index < -0.39 is 24.0 Å². The SMILES string of the molecule is N[C@@H](C[Se][Se]C[C@H](N)C(=O)O)C(=O)O.O. The number of carbonyl (C=O) groups is 2. The quantitative estimate of drug-likeness (QED) is 0.285. The fourth-order valence-electron chi connectivity index (χ4n) is 0.385. The van der Waals surface area contributed by atoms with Crippen molar-refractivity contribution < 1.29 is 25.3 Å². The Balaban J connectivity index is 0. The Bertz CT molecular complexity index is 194. The number of hydrogen-bond acceptors (Lipinski definition) is 4. The zero-order valence-corrected chi connectivity index (χ0v) is 11.2. The third-order valence-corrected chi connectivity index (χ3v) is 8.42. The van der Waals surface area contributed by atoms with Crippen LogP contribution >= 0.6 is 0 Å². The molecule has 0 saturated carbocycles. The standard InChI is InChI=1S/C6H12N2O4Se2.H2O/c7-3(5(9)10)1-13-14-2-4(8)6(11)12;/h3-4H,1-2,7-8H2,(H,9,10)(H,11,12);1H2/t3-,4-;/m0./s1. The van der Waals surface area contributed by atoms with E-state index in [4.69, 9.17) is 21.7 Å². The summed E-state index contributed by atoms with van der Waals surface area (Å²) in [6.07, 6.45) is 0. The molecule has 0 heterocycles. The van der Waals surface area contributed by atoms with Crippen LogP contribution in [0.15, 0.2) is 0 Å². The zero-order chi connectivity index (χ0) is 11.1. The van der Waals surface area contributed by atoms with Crippen LogP contribution in [-0.2, 0) is 9.59 Å². The van der Waals surface area contributed by atoms with Crippen molar-refractivity contribution in [3.05, 3.63) is 0 Å². The fourth-order valence-corrected chi connectivity index (χ4v) is 7.30. The van der Waals surface area contributed by atoms with Crippen molar-refractivity contribution in [2.75, 3.05) is 0 Å². The van der Waals surface area contributed by atoms with E-state index in [2.05, 4.69) is 0 Å². The van der Waals surface area contributed by atoms with Gasteiger partial charge in [0.05, 0.1) is 0 Å². The molecular formula is C6H14N2O5Se2. The van der Waals surface area contributed by atoms with E-state index in [-0.39, 0.29) is 31.7 Å². The maximum Gasteiger partial charge on any atom is -0.412 e. The first-order valence-electron chi connectivity index (χ1n) is 3.66. The van der Waals surface area contributed by atoms with Gasteiger partial charge in [0.2, 0.25) is 0 Å². The summed E-state index contributed by atoms with van der Waals surface area (Å²) >= 11 is 0.218. The molecule has 9 heteroatoms. The molecule has 0 rings (SSSR count). The van der Waals surface area contributed by atoms with Crippen molar-refractivity contribution in [2.24, 2.45) is 11.5 Å². The van der Waals surface area contributed by atoms with Crippen LogP contribution in [0.2, 0.25) is 10.6 Å². The van der Waals surface area contributed by atoms with Gasteiger partial charge in [-0.05, 0) is 0 Å². The van der Waals surface area contributed by atoms with Gasteiger partial charge in [0, 0.05) is 0 Å². The minimum atomic E-state index is -1.01. The van der Waals surface area contributed by atoms with Gasteiger partial charge in [0.15, 0.2) is 0 Å². The van der Waals surface area contributed by atoms with Crippen molar-refractivity contribution in [2.45, 2.75) is 22.7 Å². The molecule has 0 aromatic carbocycles. The minimum Gasteiger partial charge on any atom is -0.412 e. The molecule has 0 spiro atoms. The van der Waals surface area contributed by atoms with Crippen LogP contribution in [0.3, 0.4) is 0 Å². The van der Waals surface area contributed by atoms with E-state index in [0.29, 0.717) is 10.6 Å². The van der Waals surface area contributed by atoms with Crippen molar-refractivity contribution in [3.8, 4) is 0 Å². The van der Waals surface area contributed by atoms with Gasteiger partial charge < -0.3 is 5.48 Å². The number of carboxylic acids is 2. The Kier molecular flexibility index (Phi) is 10.5. The third kappa shape index (κ3) is 8.83. The summed E-state index contributed by atoms with van der Waals surface area (Å²) in [7, 11) is 0. The summed E-state index contributed by atoms with van der Waals surface area (Å²) < 4.78 is 0. The predicted molar refractivity (Wildman–Crippen MR) is 56.0 cm³/mol. The van der Waals surface area contributed by atoms with Gasteiger partial charge in [0.25, 0.3) is 0 Å². The van der Waals surface area contributed by atoms with Crippen LogP contribution < -0.4 is 11.5 Å². The molecule has 15 heavy (non-hydrogen) atoms. The maximum absolute atomic E-state index is 10.3. The van der Waals surface area contributed by atoms with Gasteiger partial charge >= 0.3 is 92.2 Å². The fraction of sp³-hybridized carbons (Fsp3) is 0.667. The Labute approximate surface area is 97.7 Å². The molecule has 0 aliphatic rings. The molecule has 0 radical (unpaired) electrons. The van der Waals surface area contributed by atoms with E-state index in [0.717, 1.165) is 0 Å². The summed E-state index contributed by atoms with van der Waals surface area (Å²) in [5.74, 6) is -2.02. The van der Waals surface area contributed by atoms with Crippen molar-refractivity contribution in [1.82, 2.24) is 0 Å². The molecule has 0 bridgehead atoms. The molecule has 0 aliphatic carbocycles. The zero-order valence-electron chi connectivity index (χ0n) is 7.75. The molecule has 0 amide bonds. The van der Waals surface area contributed by atoms with E-state index in [1.165, 1.54) is 0 Å². The van der Waals surface area contributed by atoms with E-state index >= 15 is 0 Å². The van der Waals surface area contributed by atoms with Gasteiger partial charge in [-0.1, -0.05) is 0 Å². The number of aliphatic carboxylic acids is 2. The van der Waals surface area contributed by atoms with E-state index in [1.54, 1.807) is 0 Å². The number of rotatable bonds is 7. The molecule has 90 valence electrons. The Morgan fingerprint density at radius 3 is 1.47 bits per heavy atom.